The summed E-state index contributed by atoms with van der Waals surface area (Å²) in [6.07, 6.45) is 5.03. The fourth-order valence-corrected chi connectivity index (χ4v) is 5.60. The molecule has 13 heteroatoms. The second-order valence-corrected chi connectivity index (χ2v) is 11.9. The van der Waals surface area contributed by atoms with Gasteiger partial charge in [0.05, 0.1) is 25.4 Å². The lowest BCUT2D eigenvalue weighted by molar-refractivity contribution is 0.0697. The first-order chi connectivity index (χ1) is 18.0. The number of thiophene rings is 1. The van der Waals surface area contributed by atoms with Gasteiger partial charge in [-0.15, -0.1) is 11.3 Å². The Morgan fingerprint density at radius 1 is 1.16 bits per heavy atom. The number of amides is 1. The van der Waals surface area contributed by atoms with E-state index in [4.69, 9.17) is 21.1 Å². The summed E-state index contributed by atoms with van der Waals surface area (Å²) in [6, 6.07) is 9.92. The average molecular weight is 568 g/mol. The number of aliphatic hydroxyl groups excluding tert-OH is 3. The van der Waals surface area contributed by atoms with Gasteiger partial charge in [-0.2, -0.15) is 8.42 Å². The maximum atomic E-state index is 12.4. The van der Waals surface area contributed by atoms with Gasteiger partial charge in [0.25, 0.3) is 0 Å². The Morgan fingerprint density at radius 3 is 2.26 bits per heavy atom. The predicted octanol–water partition coefficient (Wildman–Crippen LogP) is 2.06. The highest BCUT2D eigenvalue weighted by molar-refractivity contribution is 8.07. The molecule has 2 heterocycles. The van der Waals surface area contributed by atoms with Crippen LogP contribution in [0.15, 0.2) is 42.7 Å². The van der Waals surface area contributed by atoms with Crippen molar-refractivity contribution in [1.29, 1.82) is 0 Å². The van der Waals surface area contributed by atoms with Crippen LogP contribution >= 0.6 is 11.3 Å². The summed E-state index contributed by atoms with van der Waals surface area (Å²) in [4.78, 5) is 20.3. The summed E-state index contributed by atoms with van der Waals surface area (Å²) >= 11 is 1.37. The Bertz CT molecular complexity index is 1230. The van der Waals surface area contributed by atoms with Gasteiger partial charge in [0.2, 0.25) is 0 Å². The van der Waals surface area contributed by atoms with Gasteiger partial charge in [0.1, 0.15) is 10.8 Å². The van der Waals surface area contributed by atoms with Crippen LogP contribution in [0.2, 0.25) is 0 Å². The number of hydrogen-bond acceptors (Lipinski definition) is 9. The molecule has 1 aromatic carbocycles. The Balaban J connectivity index is 0.000000550. The van der Waals surface area contributed by atoms with Gasteiger partial charge < -0.3 is 31.4 Å². The molecule has 11 nitrogen and oxygen atoms in total. The molecule has 0 fully saturated rings. The number of anilines is 1. The average Bonchev–Trinajstić information content (AvgIpc) is 3.54. The number of nitrogens with one attached hydrogen (secondary N) is 3. The molecule has 38 heavy (non-hydrogen) atoms. The van der Waals surface area contributed by atoms with Crippen molar-refractivity contribution in [3.8, 4) is 11.1 Å². The first-order valence-electron chi connectivity index (χ1n) is 12.1. The molecule has 210 valence electrons. The molecule has 8 N–H and O–H groups in total. The number of carbonyl (C=O) groups is 1. The van der Waals surface area contributed by atoms with Crippen LogP contribution in [0.3, 0.4) is 0 Å². The summed E-state index contributed by atoms with van der Waals surface area (Å²) in [7, 11) is -4.17. The van der Waals surface area contributed by atoms with Gasteiger partial charge in [-0.3, -0.25) is 9.52 Å². The third-order valence-corrected chi connectivity index (χ3v) is 7.63. The number of nitrogens with zero attached hydrogens (tertiary/aromatic N) is 1. The number of aromatic nitrogens is 2. The maximum Gasteiger partial charge on any atom is 0.357 e. The Labute approximate surface area is 227 Å². The van der Waals surface area contributed by atoms with Crippen LogP contribution in [0.1, 0.15) is 37.0 Å². The second kappa shape index (κ2) is 14.4. The quantitative estimate of drug-likeness (QED) is 0.183. The molecule has 0 spiro atoms. The van der Waals surface area contributed by atoms with E-state index in [1.54, 1.807) is 19.3 Å². The van der Waals surface area contributed by atoms with Crippen LogP contribution in [-0.4, -0.2) is 70.8 Å². The molecule has 2 aromatic heterocycles. The fraction of sp³-hybridized carbons (Fsp3) is 0.440. The van der Waals surface area contributed by atoms with Crippen molar-refractivity contribution in [2.45, 2.75) is 39.2 Å². The highest BCUT2D eigenvalue weighted by Crippen LogP contribution is 2.38. The zero-order valence-corrected chi connectivity index (χ0v) is 23.4. The summed E-state index contributed by atoms with van der Waals surface area (Å²) in [6.45, 7) is 4.94. The Morgan fingerprint density at radius 2 is 1.79 bits per heavy atom. The van der Waals surface area contributed by atoms with E-state index >= 15 is 0 Å². The predicted molar refractivity (Wildman–Crippen MR) is 149 cm³/mol. The van der Waals surface area contributed by atoms with E-state index in [1.807, 2.05) is 30.3 Å². The van der Waals surface area contributed by atoms with Crippen molar-refractivity contribution >= 4 is 31.6 Å². The minimum Gasteiger partial charge on any atom is -0.394 e. The van der Waals surface area contributed by atoms with E-state index < -0.39 is 40.6 Å². The molecule has 0 aliphatic heterocycles. The van der Waals surface area contributed by atoms with Crippen molar-refractivity contribution < 1.29 is 28.5 Å². The minimum absolute atomic E-state index is 0.243. The molecule has 0 aliphatic rings. The van der Waals surface area contributed by atoms with Crippen LogP contribution < -0.4 is 15.8 Å². The summed E-state index contributed by atoms with van der Waals surface area (Å²) in [5.41, 5.74) is 6.69. The zero-order chi connectivity index (χ0) is 28.3. The van der Waals surface area contributed by atoms with Gasteiger partial charge in [-0.05, 0) is 36.5 Å². The van der Waals surface area contributed by atoms with Crippen LogP contribution in [-0.2, 0) is 22.9 Å². The molecule has 0 saturated heterocycles. The van der Waals surface area contributed by atoms with E-state index in [9.17, 15) is 13.2 Å². The SMILES string of the molecule is CCNC(=O)S(=O)(=O)Nc1sc(CC(C)C)cc1-c1ccc(Cc2ncc[nH]2)cc1.NC(CO)(CO)CO. The molecular formula is C25H37N5O6S2. The molecule has 3 rings (SSSR count). The summed E-state index contributed by atoms with van der Waals surface area (Å²) in [5, 5.41) is 26.8. The van der Waals surface area contributed by atoms with Crippen molar-refractivity contribution in [1.82, 2.24) is 15.3 Å². The smallest absolute Gasteiger partial charge is 0.357 e. The molecule has 0 radical (unpaired) electrons. The molecule has 0 atom stereocenters. The van der Waals surface area contributed by atoms with E-state index in [0.29, 0.717) is 17.3 Å². The topological polar surface area (TPSA) is 191 Å². The molecule has 0 saturated carbocycles. The number of rotatable bonds is 11. The number of carbonyl (C=O) groups excluding carboxylic acids is 1. The second-order valence-electron chi connectivity index (χ2n) is 9.22. The van der Waals surface area contributed by atoms with Crippen molar-refractivity contribution in [3.63, 3.8) is 0 Å². The van der Waals surface area contributed by atoms with Crippen molar-refractivity contribution in [2.24, 2.45) is 11.7 Å². The Kier molecular flexibility index (Phi) is 11.9. The number of imidazole rings is 1. The summed E-state index contributed by atoms with van der Waals surface area (Å²) in [5.74, 6) is 1.31. The normalized spacial score (nSPS) is 11.7. The number of sulfonamides is 1. The van der Waals surface area contributed by atoms with E-state index in [0.717, 1.165) is 33.8 Å². The number of nitrogens with two attached hydrogens (primary N) is 1. The fourth-order valence-electron chi connectivity index (χ4n) is 3.18. The van der Waals surface area contributed by atoms with Gasteiger partial charge in [0, 0.05) is 35.8 Å². The van der Waals surface area contributed by atoms with E-state index in [2.05, 4.69) is 33.9 Å². The highest BCUT2D eigenvalue weighted by atomic mass is 32.2. The summed E-state index contributed by atoms with van der Waals surface area (Å²) < 4.78 is 27.3. The zero-order valence-electron chi connectivity index (χ0n) is 21.8. The molecule has 1 amide bonds. The van der Waals surface area contributed by atoms with Crippen LogP contribution in [0.5, 0.6) is 0 Å². The van der Waals surface area contributed by atoms with Gasteiger partial charge >= 0.3 is 15.3 Å². The number of benzene rings is 1. The highest BCUT2D eigenvalue weighted by Gasteiger charge is 2.24. The lowest BCUT2D eigenvalue weighted by Crippen LogP contribution is -2.50. The standard InChI is InChI=1S/C21H26N4O3S2.C4H11NO3/c1-4-22-21(26)30(27,28)25-20-18(13-17(29-20)11-14(2)3)16-7-5-15(6-8-16)12-19-23-9-10-24-19;5-4(1-6,2-7)3-8/h5-10,13-14,25H,4,11-12H2,1-3H3,(H,22,26)(H,23,24);6-8H,1-3,5H2. The van der Waals surface area contributed by atoms with Gasteiger partial charge in [0.15, 0.2) is 0 Å². The van der Waals surface area contributed by atoms with E-state index in [1.165, 1.54) is 11.3 Å². The third-order valence-electron chi connectivity index (χ3n) is 5.32. The van der Waals surface area contributed by atoms with Crippen LogP contribution in [0, 0.1) is 5.92 Å². The lowest BCUT2D eigenvalue weighted by Gasteiger charge is -2.20. The molecule has 0 bridgehead atoms. The molecular weight excluding hydrogens is 530 g/mol. The first-order valence-corrected chi connectivity index (χ1v) is 14.4. The molecule has 0 unspecified atom stereocenters. The molecule has 0 aliphatic carbocycles. The van der Waals surface area contributed by atoms with Gasteiger partial charge in [-0.1, -0.05) is 38.1 Å². The minimum atomic E-state index is -4.17. The lowest BCUT2D eigenvalue weighted by atomic mass is 10.0. The van der Waals surface area contributed by atoms with Crippen molar-refractivity contribution in [3.05, 3.63) is 59.0 Å². The number of aromatic amines is 1. The first kappa shape index (κ1) is 31.4. The van der Waals surface area contributed by atoms with Crippen molar-refractivity contribution in [2.75, 3.05) is 31.1 Å². The third kappa shape index (κ3) is 9.19. The van der Waals surface area contributed by atoms with Crippen LogP contribution in [0.4, 0.5) is 9.80 Å². The maximum absolute atomic E-state index is 12.4. The van der Waals surface area contributed by atoms with Crippen LogP contribution in [0.25, 0.3) is 11.1 Å². The van der Waals surface area contributed by atoms with E-state index in [-0.39, 0.29) is 6.54 Å². The Hall–Kier alpha value is -2.81. The largest absolute Gasteiger partial charge is 0.394 e. The monoisotopic (exact) mass is 567 g/mol. The number of aliphatic hydroxyl groups is 3. The van der Waals surface area contributed by atoms with Gasteiger partial charge in [-0.25, -0.2) is 4.98 Å². The number of hydrogen-bond donors (Lipinski definition) is 7. The number of H-pyrrole nitrogens is 1. The molecule has 3 aromatic rings.